The fraction of sp³-hybridized carbons (Fsp3) is 0.444. The summed E-state index contributed by atoms with van der Waals surface area (Å²) in [5.41, 5.74) is 0. The topological polar surface area (TPSA) is 89.9 Å². The van der Waals surface area contributed by atoms with Crippen molar-refractivity contribution in [3.8, 4) is 0 Å². The van der Waals surface area contributed by atoms with E-state index < -0.39 is 36.3 Å². The second-order valence-corrected chi connectivity index (χ2v) is 2.61. The number of carbonyl (C=O) groups excluding carboxylic acids is 3. The zero-order valence-corrected chi connectivity index (χ0v) is 8.48. The van der Waals surface area contributed by atoms with E-state index in [1.807, 2.05) is 0 Å². The molecule has 0 aliphatic rings. The molecule has 0 radical (unpaired) electrons. The Bertz CT molecular complexity index is 291. The maximum atomic E-state index is 11.0. The van der Waals surface area contributed by atoms with Crippen LogP contribution in [0, 0.1) is 0 Å². The van der Waals surface area contributed by atoms with Gasteiger partial charge in [0.15, 0.2) is 5.78 Å². The largest absolute Gasteiger partial charge is 0.512 e. The van der Waals surface area contributed by atoms with Crippen molar-refractivity contribution in [3.05, 3.63) is 11.8 Å². The summed E-state index contributed by atoms with van der Waals surface area (Å²) in [5.74, 6) is -2.46. The van der Waals surface area contributed by atoms with Gasteiger partial charge in [-0.2, -0.15) is 0 Å². The molecule has 0 spiro atoms. The molecule has 0 saturated heterocycles. The zero-order chi connectivity index (χ0) is 11.8. The van der Waals surface area contributed by atoms with Crippen molar-refractivity contribution in [3.63, 3.8) is 0 Å². The normalized spacial score (nSPS) is 10.7. The molecule has 0 fully saturated rings. The lowest BCUT2D eigenvalue weighted by Gasteiger charge is -1.98. The van der Waals surface area contributed by atoms with Crippen LogP contribution in [-0.2, 0) is 23.9 Å². The smallest absolute Gasteiger partial charge is 0.313 e. The van der Waals surface area contributed by atoms with Crippen LogP contribution in [0.5, 0.6) is 0 Å². The van der Waals surface area contributed by atoms with E-state index >= 15 is 0 Å². The number of hydrogen-bond acceptors (Lipinski definition) is 6. The molecule has 6 heteroatoms. The number of carbonyl (C=O) groups is 3. The minimum Gasteiger partial charge on any atom is -0.512 e. The number of hydrogen-bond donors (Lipinski definition) is 1. The van der Waals surface area contributed by atoms with Crippen molar-refractivity contribution in [2.45, 2.75) is 12.8 Å². The van der Waals surface area contributed by atoms with Gasteiger partial charge in [0.1, 0.15) is 18.6 Å². The number of allylic oxidation sites excluding steroid dienone is 1. The molecular weight excluding hydrogens is 204 g/mol. The zero-order valence-electron chi connectivity index (χ0n) is 8.48. The molecule has 0 aromatic heterocycles. The number of ether oxygens (including phenoxy) is 2. The highest BCUT2D eigenvalue weighted by atomic mass is 16.5. The molecule has 6 nitrogen and oxygen atoms in total. The molecule has 0 aromatic rings. The fourth-order valence-corrected chi connectivity index (χ4v) is 0.722. The van der Waals surface area contributed by atoms with Crippen LogP contribution in [0.2, 0.25) is 0 Å². The van der Waals surface area contributed by atoms with E-state index in [9.17, 15) is 14.4 Å². The van der Waals surface area contributed by atoms with Gasteiger partial charge in [-0.05, 0) is 0 Å². The molecule has 0 heterocycles. The van der Waals surface area contributed by atoms with E-state index in [0.717, 1.165) is 20.3 Å². The highest BCUT2D eigenvalue weighted by molar-refractivity contribution is 6.02. The Morgan fingerprint density at radius 2 is 1.53 bits per heavy atom. The van der Waals surface area contributed by atoms with Crippen molar-refractivity contribution in [2.24, 2.45) is 0 Å². The van der Waals surface area contributed by atoms with E-state index in [1.54, 1.807) is 0 Å². The molecule has 0 atom stereocenters. The molecule has 0 aliphatic heterocycles. The first-order valence-corrected chi connectivity index (χ1v) is 4.05. The molecule has 1 N–H and O–H groups in total. The quantitative estimate of drug-likeness (QED) is 0.304. The molecule has 15 heavy (non-hydrogen) atoms. The summed E-state index contributed by atoms with van der Waals surface area (Å²) in [6, 6.07) is 0. The van der Waals surface area contributed by atoms with Crippen LogP contribution in [0.3, 0.4) is 0 Å². The van der Waals surface area contributed by atoms with Gasteiger partial charge >= 0.3 is 11.9 Å². The van der Waals surface area contributed by atoms with E-state index in [2.05, 4.69) is 9.47 Å². The summed E-state index contributed by atoms with van der Waals surface area (Å²) < 4.78 is 8.50. The van der Waals surface area contributed by atoms with Crippen molar-refractivity contribution < 1.29 is 29.0 Å². The minimum absolute atomic E-state index is 0.399. The highest BCUT2D eigenvalue weighted by Crippen LogP contribution is 2.00. The lowest BCUT2D eigenvalue weighted by Crippen LogP contribution is -2.08. The minimum atomic E-state index is -0.706. The third-order valence-corrected chi connectivity index (χ3v) is 1.43. The van der Waals surface area contributed by atoms with Gasteiger partial charge in [0.25, 0.3) is 0 Å². The maximum Gasteiger partial charge on any atom is 0.313 e. The Hall–Kier alpha value is -1.85. The van der Waals surface area contributed by atoms with Crippen molar-refractivity contribution in [1.29, 1.82) is 0 Å². The number of aliphatic hydroxyl groups excluding tert-OH is 1. The first-order valence-electron chi connectivity index (χ1n) is 4.05. The van der Waals surface area contributed by atoms with Crippen molar-refractivity contribution in [2.75, 3.05) is 14.2 Å². The molecule has 0 amide bonds. The van der Waals surface area contributed by atoms with Gasteiger partial charge in [-0.1, -0.05) is 0 Å². The van der Waals surface area contributed by atoms with Crippen molar-refractivity contribution >= 4 is 17.7 Å². The molecular formula is C9H12O6. The van der Waals surface area contributed by atoms with Gasteiger partial charge in [-0.25, -0.2) is 0 Å². The van der Waals surface area contributed by atoms with E-state index in [1.165, 1.54) is 0 Å². The average Bonchev–Trinajstić information content (AvgIpc) is 2.16. The predicted octanol–water partition coefficient (Wildman–Crippen LogP) is 0.124. The fourth-order valence-electron chi connectivity index (χ4n) is 0.722. The summed E-state index contributed by atoms with van der Waals surface area (Å²) in [7, 11) is 2.31. The van der Waals surface area contributed by atoms with E-state index in [0.29, 0.717) is 0 Å². The molecule has 0 saturated carbocycles. The average molecular weight is 216 g/mol. The van der Waals surface area contributed by atoms with Crippen LogP contribution < -0.4 is 0 Å². The standard InChI is InChI=1S/C9H12O6/c1-14-8(12)4-6(10)3-7(11)5-9(13)15-2/h3,10H,4-5H2,1-2H3/b6-3-. The lowest BCUT2D eigenvalue weighted by atomic mass is 10.2. The van der Waals surface area contributed by atoms with Gasteiger partial charge in [0, 0.05) is 6.08 Å². The highest BCUT2D eigenvalue weighted by Gasteiger charge is 2.10. The second-order valence-electron chi connectivity index (χ2n) is 2.61. The van der Waals surface area contributed by atoms with Crippen LogP contribution in [0.25, 0.3) is 0 Å². The number of aliphatic hydroxyl groups is 1. The number of esters is 2. The van der Waals surface area contributed by atoms with Gasteiger partial charge in [0.2, 0.25) is 0 Å². The van der Waals surface area contributed by atoms with Gasteiger partial charge < -0.3 is 14.6 Å². The Morgan fingerprint density at radius 3 is 2.00 bits per heavy atom. The Kier molecular flexibility index (Phi) is 5.77. The second kappa shape index (κ2) is 6.58. The van der Waals surface area contributed by atoms with Crippen LogP contribution in [0.15, 0.2) is 11.8 Å². The van der Waals surface area contributed by atoms with Gasteiger partial charge in [-0.15, -0.1) is 0 Å². The van der Waals surface area contributed by atoms with Crippen molar-refractivity contribution in [1.82, 2.24) is 0 Å². The molecule has 0 bridgehead atoms. The third kappa shape index (κ3) is 6.25. The lowest BCUT2D eigenvalue weighted by molar-refractivity contribution is -0.142. The molecule has 84 valence electrons. The summed E-state index contributed by atoms with van der Waals surface area (Å²) >= 11 is 0. The summed E-state index contributed by atoms with van der Waals surface area (Å²) in [6.45, 7) is 0. The van der Waals surface area contributed by atoms with Gasteiger partial charge in [-0.3, -0.25) is 14.4 Å². The van der Waals surface area contributed by atoms with Crippen LogP contribution >= 0.6 is 0 Å². The number of ketones is 1. The first kappa shape index (κ1) is 13.2. The predicted molar refractivity (Wildman–Crippen MR) is 49.0 cm³/mol. The molecule has 0 unspecified atom stereocenters. The summed E-state index contributed by atoms with van der Waals surface area (Å²) in [6.07, 6.45) is -0.0705. The molecule has 0 aromatic carbocycles. The first-order chi connectivity index (χ1) is 6.99. The molecule has 0 aliphatic carbocycles. The molecule has 0 rings (SSSR count). The monoisotopic (exact) mass is 216 g/mol. The third-order valence-electron chi connectivity index (χ3n) is 1.43. The van der Waals surface area contributed by atoms with E-state index in [-0.39, 0.29) is 0 Å². The Morgan fingerprint density at radius 1 is 1.07 bits per heavy atom. The Balaban J connectivity index is 4.17. The Labute approximate surface area is 86.5 Å². The van der Waals surface area contributed by atoms with E-state index in [4.69, 9.17) is 5.11 Å². The van der Waals surface area contributed by atoms with Crippen LogP contribution in [0.4, 0.5) is 0 Å². The summed E-state index contributed by atoms with van der Waals surface area (Å²) in [4.78, 5) is 32.3. The number of rotatable bonds is 5. The van der Waals surface area contributed by atoms with Crippen LogP contribution in [-0.4, -0.2) is 37.0 Å². The van der Waals surface area contributed by atoms with Gasteiger partial charge in [0.05, 0.1) is 14.2 Å². The maximum absolute atomic E-state index is 11.0. The van der Waals surface area contributed by atoms with Crippen LogP contribution in [0.1, 0.15) is 12.8 Å². The SMILES string of the molecule is COC(=O)CC(=O)/C=C(\O)CC(=O)OC. The number of methoxy groups -OCH3 is 2. The summed E-state index contributed by atoms with van der Waals surface area (Å²) in [5, 5.41) is 9.09.